The second-order valence-corrected chi connectivity index (χ2v) is 5.65. The lowest BCUT2D eigenvalue weighted by atomic mass is 9.93. The summed E-state index contributed by atoms with van der Waals surface area (Å²) in [6.45, 7) is 3.77. The van der Waals surface area contributed by atoms with Gasteiger partial charge in [-0.05, 0) is 49.9 Å². The molecular weight excluding hydrogens is 283 g/mol. The number of halogens is 1. The Morgan fingerprint density at radius 1 is 1.36 bits per heavy atom. The van der Waals surface area contributed by atoms with E-state index in [2.05, 4.69) is 4.98 Å². The maximum absolute atomic E-state index is 14.3. The third-order valence-corrected chi connectivity index (χ3v) is 3.87. The third-order valence-electron chi connectivity index (χ3n) is 3.87. The van der Waals surface area contributed by atoms with E-state index >= 15 is 0 Å². The molecule has 1 amide bonds. The van der Waals surface area contributed by atoms with Crippen LogP contribution in [0.15, 0.2) is 24.3 Å². The van der Waals surface area contributed by atoms with Gasteiger partial charge < -0.3 is 10.5 Å². The van der Waals surface area contributed by atoms with Gasteiger partial charge >= 0.3 is 0 Å². The lowest BCUT2D eigenvalue weighted by Crippen LogP contribution is -2.23. The number of fused-ring (bicyclic) bond motifs is 1. The molecule has 0 unspecified atom stereocenters. The van der Waals surface area contributed by atoms with Crippen molar-refractivity contribution in [3.63, 3.8) is 0 Å². The van der Waals surface area contributed by atoms with Gasteiger partial charge in [0, 0.05) is 11.1 Å². The second-order valence-electron chi connectivity index (χ2n) is 5.65. The summed E-state index contributed by atoms with van der Waals surface area (Å²) < 4.78 is 20.0. The molecule has 2 heterocycles. The van der Waals surface area contributed by atoms with Crippen LogP contribution in [0.4, 0.5) is 4.39 Å². The van der Waals surface area contributed by atoms with Gasteiger partial charge in [-0.1, -0.05) is 12.1 Å². The average molecular weight is 300 g/mol. The summed E-state index contributed by atoms with van der Waals surface area (Å²) in [5.74, 6) is -0.606. The predicted molar refractivity (Wildman–Crippen MR) is 81.3 cm³/mol. The highest BCUT2D eigenvalue weighted by molar-refractivity contribution is 5.93. The number of rotatable bonds is 2. The van der Waals surface area contributed by atoms with E-state index in [-0.39, 0.29) is 17.6 Å². The Bertz CT molecular complexity index is 759. The number of ether oxygens (including phenoxy) is 1. The van der Waals surface area contributed by atoms with Crippen LogP contribution in [0.5, 0.6) is 5.88 Å². The molecule has 3 rings (SSSR count). The van der Waals surface area contributed by atoms with Crippen molar-refractivity contribution >= 4 is 5.91 Å². The number of pyridine rings is 1. The van der Waals surface area contributed by atoms with Crippen molar-refractivity contribution in [2.24, 2.45) is 5.73 Å². The highest BCUT2D eigenvalue weighted by Gasteiger charge is 2.24. The van der Waals surface area contributed by atoms with E-state index in [1.54, 1.807) is 12.1 Å². The molecule has 0 spiro atoms. The van der Waals surface area contributed by atoms with Crippen LogP contribution in [-0.2, 0) is 6.42 Å². The van der Waals surface area contributed by atoms with Crippen LogP contribution in [0, 0.1) is 12.7 Å². The van der Waals surface area contributed by atoms with Gasteiger partial charge in [-0.2, -0.15) is 0 Å². The number of benzene rings is 1. The van der Waals surface area contributed by atoms with Gasteiger partial charge in [-0.15, -0.1) is 0 Å². The number of carbonyl (C=O) groups excluding carboxylic acids is 1. The van der Waals surface area contributed by atoms with Crippen molar-refractivity contribution in [1.82, 2.24) is 4.98 Å². The van der Waals surface area contributed by atoms with Crippen molar-refractivity contribution in [3.05, 3.63) is 46.9 Å². The summed E-state index contributed by atoms with van der Waals surface area (Å²) in [6, 6.07) is 6.57. The average Bonchev–Trinajstić information content (AvgIpc) is 2.45. The number of aryl methyl sites for hydroxylation is 1. The maximum Gasteiger partial charge on any atom is 0.267 e. The molecule has 4 nitrogen and oxygen atoms in total. The van der Waals surface area contributed by atoms with Gasteiger partial charge in [0.25, 0.3) is 5.91 Å². The molecule has 0 fully saturated rings. The number of hydrogen-bond donors (Lipinski definition) is 1. The molecule has 0 radical (unpaired) electrons. The van der Waals surface area contributed by atoms with Crippen molar-refractivity contribution in [3.8, 4) is 17.0 Å². The Hall–Kier alpha value is -2.43. The number of primary amides is 1. The molecule has 1 aliphatic heterocycles. The minimum absolute atomic E-state index is 0.0128. The van der Waals surface area contributed by atoms with Crippen LogP contribution in [0.25, 0.3) is 11.1 Å². The van der Waals surface area contributed by atoms with E-state index in [9.17, 15) is 9.18 Å². The molecule has 0 saturated carbocycles. The summed E-state index contributed by atoms with van der Waals surface area (Å²) in [5.41, 5.74) is 8.15. The van der Waals surface area contributed by atoms with Crippen molar-refractivity contribution in [2.75, 3.05) is 0 Å². The van der Waals surface area contributed by atoms with Crippen LogP contribution in [0.1, 0.15) is 35.0 Å². The maximum atomic E-state index is 14.3. The Labute approximate surface area is 128 Å². The third kappa shape index (κ3) is 2.54. The number of hydrogen-bond acceptors (Lipinski definition) is 3. The summed E-state index contributed by atoms with van der Waals surface area (Å²) in [5, 5.41) is 0. The summed E-state index contributed by atoms with van der Waals surface area (Å²) in [6.07, 6.45) is 1.56. The topological polar surface area (TPSA) is 65.2 Å². The number of carbonyl (C=O) groups is 1. The normalized spacial score (nSPS) is 16.8. The smallest absolute Gasteiger partial charge is 0.267 e. The van der Waals surface area contributed by atoms with E-state index in [1.165, 1.54) is 6.07 Å². The first kappa shape index (κ1) is 14.5. The number of nitrogens with zero attached hydrogens (tertiary/aromatic N) is 1. The molecule has 2 aromatic rings. The Kier molecular flexibility index (Phi) is 3.56. The molecule has 1 aromatic heterocycles. The Balaban J connectivity index is 2.23. The fourth-order valence-electron chi connectivity index (χ4n) is 2.69. The van der Waals surface area contributed by atoms with Crippen LogP contribution in [-0.4, -0.2) is 17.0 Å². The van der Waals surface area contributed by atoms with Crippen LogP contribution in [0.3, 0.4) is 0 Å². The van der Waals surface area contributed by atoms with E-state index in [4.69, 9.17) is 10.5 Å². The Morgan fingerprint density at radius 3 is 2.82 bits per heavy atom. The molecule has 114 valence electrons. The van der Waals surface area contributed by atoms with Gasteiger partial charge in [0.15, 0.2) is 0 Å². The standard InChI is InChI=1S/C17H17FN2O2/c1-9-3-5-11(14(18)7-9)13-8-15(16(19)21)20-17-12(13)6-4-10(2)22-17/h3,5,7-8,10H,4,6H2,1-2H3,(H2,19,21)/t10-/m0/s1. The lowest BCUT2D eigenvalue weighted by Gasteiger charge is -2.25. The van der Waals surface area contributed by atoms with Crippen LogP contribution >= 0.6 is 0 Å². The first-order valence-corrected chi connectivity index (χ1v) is 7.22. The van der Waals surface area contributed by atoms with E-state index in [1.807, 2.05) is 19.9 Å². The van der Waals surface area contributed by atoms with Gasteiger partial charge in [0.05, 0.1) is 6.10 Å². The summed E-state index contributed by atoms with van der Waals surface area (Å²) in [7, 11) is 0. The fourth-order valence-corrected chi connectivity index (χ4v) is 2.69. The quantitative estimate of drug-likeness (QED) is 0.927. The van der Waals surface area contributed by atoms with Gasteiger partial charge in [-0.25, -0.2) is 9.37 Å². The zero-order valence-electron chi connectivity index (χ0n) is 12.5. The lowest BCUT2D eigenvalue weighted by molar-refractivity contribution is 0.0992. The highest BCUT2D eigenvalue weighted by Crippen LogP contribution is 2.36. The minimum Gasteiger partial charge on any atom is -0.474 e. The largest absolute Gasteiger partial charge is 0.474 e. The zero-order chi connectivity index (χ0) is 15.9. The summed E-state index contributed by atoms with van der Waals surface area (Å²) >= 11 is 0. The summed E-state index contributed by atoms with van der Waals surface area (Å²) in [4.78, 5) is 15.7. The predicted octanol–water partition coefficient (Wildman–Crippen LogP) is 3.01. The molecule has 0 bridgehead atoms. The molecule has 1 aromatic carbocycles. The van der Waals surface area contributed by atoms with Gasteiger partial charge in [0.2, 0.25) is 5.88 Å². The number of aromatic nitrogens is 1. The Morgan fingerprint density at radius 2 is 2.14 bits per heavy atom. The molecular formula is C17H17FN2O2. The SMILES string of the molecule is Cc1ccc(-c2cc(C(N)=O)nc3c2CC[C@H](C)O3)c(F)c1. The first-order chi connectivity index (χ1) is 10.5. The molecule has 5 heteroatoms. The first-order valence-electron chi connectivity index (χ1n) is 7.22. The van der Waals surface area contributed by atoms with E-state index in [0.29, 0.717) is 17.0 Å². The molecule has 1 atom stereocenters. The fraction of sp³-hybridized carbons (Fsp3) is 0.294. The van der Waals surface area contributed by atoms with Crippen LogP contribution < -0.4 is 10.5 Å². The number of amides is 1. The number of nitrogens with two attached hydrogens (primary N) is 1. The van der Waals surface area contributed by atoms with Crippen molar-refractivity contribution in [2.45, 2.75) is 32.8 Å². The van der Waals surface area contributed by atoms with Crippen molar-refractivity contribution < 1.29 is 13.9 Å². The molecule has 22 heavy (non-hydrogen) atoms. The van der Waals surface area contributed by atoms with Gasteiger partial charge in [0.1, 0.15) is 11.5 Å². The monoisotopic (exact) mass is 300 g/mol. The van der Waals surface area contributed by atoms with Gasteiger partial charge in [-0.3, -0.25) is 4.79 Å². The molecule has 2 N–H and O–H groups in total. The molecule has 0 saturated heterocycles. The molecule has 1 aliphatic rings. The van der Waals surface area contributed by atoms with Crippen LogP contribution in [0.2, 0.25) is 0 Å². The minimum atomic E-state index is -0.654. The van der Waals surface area contributed by atoms with E-state index in [0.717, 1.165) is 24.0 Å². The highest BCUT2D eigenvalue weighted by atomic mass is 19.1. The molecule has 0 aliphatic carbocycles. The zero-order valence-corrected chi connectivity index (χ0v) is 12.5. The van der Waals surface area contributed by atoms with Crippen molar-refractivity contribution in [1.29, 1.82) is 0 Å². The second kappa shape index (κ2) is 5.40. The van der Waals surface area contributed by atoms with E-state index < -0.39 is 5.91 Å².